The molecule has 11 heteroatoms. The maximum atomic E-state index is 12.9. The van der Waals surface area contributed by atoms with Crippen LogP contribution >= 0.6 is 0 Å². The fourth-order valence-corrected chi connectivity index (χ4v) is 5.04. The Bertz CT molecular complexity index is 1410. The van der Waals surface area contributed by atoms with Gasteiger partial charge in [-0.25, -0.2) is 8.42 Å². The number of ether oxygens (including phenoxy) is 3. The van der Waals surface area contributed by atoms with E-state index in [9.17, 15) is 18.0 Å². The number of nitrogens with one attached hydrogen (secondary N) is 2. The van der Waals surface area contributed by atoms with Gasteiger partial charge in [0.15, 0.2) is 11.5 Å². The minimum atomic E-state index is -3.55. The van der Waals surface area contributed by atoms with E-state index >= 15 is 0 Å². The molecule has 2 amide bonds. The minimum Gasteiger partial charge on any atom is -0.497 e. The molecule has 0 fully saturated rings. The SMILES string of the molecule is COc1ccc(N(CCCC(=O)Nc2ccccc2C(=O)NCCc2ccc(OC)c(OC)c2)S(C)(=O)=O)cc1. The van der Waals surface area contributed by atoms with Crippen LogP contribution in [0.15, 0.2) is 66.7 Å². The number of benzene rings is 3. The summed E-state index contributed by atoms with van der Waals surface area (Å²) in [7, 11) is 1.11. The lowest BCUT2D eigenvalue weighted by atomic mass is 10.1. The van der Waals surface area contributed by atoms with Crippen molar-refractivity contribution in [3.05, 3.63) is 77.9 Å². The van der Waals surface area contributed by atoms with Gasteiger partial charge in [0, 0.05) is 19.5 Å². The number of sulfonamides is 1. The normalized spacial score (nSPS) is 10.9. The van der Waals surface area contributed by atoms with Crippen LogP contribution in [0.25, 0.3) is 0 Å². The summed E-state index contributed by atoms with van der Waals surface area (Å²) in [6.07, 6.45) is 2.05. The van der Waals surface area contributed by atoms with Crippen LogP contribution in [-0.2, 0) is 21.2 Å². The highest BCUT2D eigenvalue weighted by atomic mass is 32.2. The van der Waals surface area contributed by atoms with Crippen LogP contribution in [0.1, 0.15) is 28.8 Å². The molecule has 0 saturated carbocycles. The summed E-state index contributed by atoms with van der Waals surface area (Å²) in [6.45, 7) is 0.500. The summed E-state index contributed by atoms with van der Waals surface area (Å²) < 4.78 is 41.7. The second kappa shape index (κ2) is 14.2. The zero-order chi connectivity index (χ0) is 29.1. The van der Waals surface area contributed by atoms with Crippen molar-refractivity contribution >= 4 is 33.2 Å². The monoisotopic (exact) mass is 569 g/mol. The van der Waals surface area contributed by atoms with Crippen molar-refractivity contribution in [3.8, 4) is 17.2 Å². The topological polar surface area (TPSA) is 123 Å². The van der Waals surface area contributed by atoms with Crippen molar-refractivity contribution in [2.45, 2.75) is 19.3 Å². The Hall–Kier alpha value is -4.25. The number of methoxy groups -OCH3 is 3. The van der Waals surface area contributed by atoms with Gasteiger partial charge in [0.25, 0.3) is 5.91 Å². The predicted octanol–water partition coefficient (Wildman–Crippen LogP) is 3.87. The zero-order valence-electron chi connectivity index (χ0n) is 23.1. The molecule has 0 saturated heterocycles. The quantitative estimate of drug-likeness (QED) is 0.302. The second-order valence-corrected chi connectivity index (χ2v) is 10.8. The molecule has 0 aromatic heterocycles. The first-order valence-corrected chi connectivity index (χ1v) is 14.5. The van der Waals surface area contributed by atoms with E-state index in [2.05, 4.69) is 10.6 Å². The first kappa shape index (κ1) is 30.3. The largest absolute Gasteiger partial charge is 0.497 e. The molecular weight excluding hydrogens is 534 g/mol. The molecule has 3 rings (SSSR count). The number of hydrogen-bond acceptors (Lipinski definition) is 7. The number of carbonyl (C=O) groups excluding carboxylic acids is 2. The van der Waals surface area contributed by atoms with Gasteiger partial charge in [-0.2, -0.15) is 0 Å². The van der Waals surface area contributed by atoms with Crippen molar-refractivity contribution in [1.29, 1.82) is 0 Å². The van der Waals surface area contributed by atoms with Crippen LogP contribution in [0.3, 0.4) is 0 Å². The highest BCUT2D eigenvalue weighted by Crippen LogP contribution is 2.27. The molecule has 2 N–H and O–H groups in total. The van der Waals surface area contributed by atoms with E-state index in [0.717, 1.165) is 11.8 Å². The zero-order valence-corrected chi connectivity index (χ0v) is 23.9. The van der Waals surface area contributed by atoms with Gasteiger partial charge in [-0.05, 0) is 66.9 Å². The first-order valence-electron chi connectivity index (χ1n) is 12.7. The third kappa shape index (κ3) is 8.37. The van der Waals surface area contributed by atoms with E-state index in [-0.39, 0.29) is 31.2 Å². The molecule has 40 heavy (non-hydrogen) atoms. The molecule has 0 spiro atoms. The van der Waals surface area contributed by atoms with E-state index in [1.54, 1.807) is 62.8 Å². The summed E-state index contributed by atoms with van der Waals surface area (Å²) in [4.78, 5) is 25.6. The molecule has 3 aromatic rings. The Balaban J connectivity index is 1.55. The third-order valence-electron chi connectivity index (χ3n) is 6.12. The Morgan fingerprint density at radius 2 is 1.57 bits per heavy atom. The number of para-hydroxylation sites is 1. The second-order valence-electron chi connectivity index (χ2n) is 8.93. The Labute approximate surface area is 235 Å². The average molecular weight is 570 g/mol. The number of nitrogens with zero attached hydrogens (tertiary/aromatic N) is 1. The fourth-order valence-electron chi connectivity index (χ4n) is 4.07. The van der Waals surface area contributed by atoms with Gasteiger partial charge in [-0.3, -0.25) is 13.9 Å². The van der Waals surface area contributed by atoms with E-state index < -0.39 is 10.0 Å². The van der Waals surface area contributed by atoms with Gasteiger partial charge < -0.3 is 24.8 Å². The summed E-state index contributed by atoms with van der Waals surface area (Å²) >= 11 is 0. The van der Waals surface area contributed by atoms with Gasteiger partial charge in [-0.1, -0.05) is 18.2 Å². The van der Waals surface area contributed by atoms with Crippen molar-refractivity contribution in [2.24, 2.45) is 0 Å². The van der Waals surface area contributed by atoms with Crippen LogP contribution < -0.4 is 29.1 Å². The van der Waals surface area contributed by atoms with Crippen molar-refractivity contribution < 1.29 is 32.2 Å². The number of anilines is 2. The molecule has 0 unspecified atom stereocenters. The molecule has 10 nitrogen and oxygen atoms in total. The molecule has 0 heterocycles. The molecule has 214 valence electrons. The van der Waals surface area contributed by atoms with E-state index in [0.29, 0.717) is 47.2 Å². The lowest BCUT2D eigenvalue weighted by Gasteiger charge is -2.22. The number of rotatable bonds is 14. The third-order valence-corrected chi connectivity index (χ3v) is 7.31. The number of amides is 2. The van der Waals surface area contributed by atoms with Gasteiger partial charge in [0.05, 0.1) is 44.5 Å². The van der Waals surface area contributed by atoms with Crippen molar-refractivity contribution in [1.82, 2.24) is 5.32 Å². The first-order chi connectivity index (χ1) is 19.2. The Morgan fingerprint density at radius 3 is 2.23 bits per heavy atom. The Morgan fingerprint density at radius 1 is 0.875 bits per heavy atom. The molecule has 0 aliphatic carbocycles. The maximum Gasteiger partial charge on any atom is 0.253 e. The minimum absolute atomic E-state index is 0.0669. The Kier molecular flexibility index (Phi) is 10.8. The van der Waals surface area contributed by atoms with E-state index in [1.807, 2.05) is 18.2 Å². The van der Waals surface area contributed by atoms with Gasteiger partial charge in [0.2, 0.25) is 15.9 Å². The molecule has 0 bridgehead atoms. The maximum absolute atomic E-state index is 12.9. The number of carbonyl (C=O) groups is 2. The van der Waals surface area contributed by atoms with E-state index in [4.69, 9.17) is 14.2 Å². The highest BCUT2D eigenvalue weighted by Gasteiger charge is 2.18. The van der Waals surface area contributed by atoms with Crippen molar-refractivity contribution in [3.63, 3.8) is 0 Å². The lowest BCUT2D eigenvalue weighted by molar-refractivity contribution is -0.116. The van der Waals surface area contributed by atoms with E-state index in [1.165, 1.54) is 11.4 Å². The van der Waals surface area contributed by atoms with Gasteiger partial charge in [0.1, 0.15) is 5.75 Å². The molecule has 0 atom stereocenters. The summed E-state index contributed by atoms with van der Waals surface area (Å²) in [5.41, 5.74) is 2.17. The van der Waals surface area contributed by atoms with Crippen LogP contribution in [0.5, 0.6) is 17.2 Å². The molecule has 0 radical (unpaired) electrons. The molecule has 0 aliphatic rings. The van der Waals surface area contributed by atoms with Crippen LogP contribution in [0, 0.1) is 0 Å². The molecular formula is C29H35N3O7S. The summed E-state index contributed by atoms with van der Waals surface area (Å²) in [6, 6.07) is 19.0. The lowest BCUT2D eigenvalue weighted by Crippen LogP contribution is -2.31. The highest BCUT2D eigenvalue weighted by molar-refractivity contribution is 7.92. The van der Waals surface area contributed by atoms with Gasteiger partial charge in [-0.15, -0.1) is 0 Å². The standard InChI is InChI=1S/C29H35N3O7S/c1-37-23-14-12-22(13-15-23)32(40(4,35)36)19-7-10-28(33)31-25-9-6-5-8-24(25)29(34)30-18-17-21-11-16-26(38-2)27(20-21)39-3/h5-6,8-9,11-16,20H,7,10,17-19H2,1-4H3,(H,30,34)(H,31,33). The van der Waals surface area contributed by atoms with Gasteiger partial charge >= 0.3 is 0 Å². The predicted molar refractivity (Wildman–Crippen MR) is 155 cm³/mol. The summed E-state index contributed by atoms with van der Waals surface area (Å²) in [5.74, 6) is 1.21. The fraction of sp³-hybridized carbons (Fsp3) is 0.310. The molecule has 0 aliphatic heterocycles. The average Bonchev–Trinajstić information content (AvgIpc) is 2.95. The number of hydrogen-bond donors (Lipinski definition) is 2. The summed E-state index contributed by atoms with van der Waals surface area (Å²) in [5, 5.41) is 5.66. The van der Waals surface area contributed by atoms with Crippen LogP contribution in [-0.4, -0.2) is 60.9 Å². The van der Waals surface area contributed by atoms with Crippen LogP contribution in [0.2, 0.25) is 0 Å². The van der Waals surface area contributed by atoms with Crippen molar-refractivity contribution in [2.75, 3.05) is 50.3 Å². The van der Waals surface area contributed by atoms with Crippen LogP contribution in [0.4, 0.5) is 11.4 Å². The smallest absolute Gasteiger partial charge is 0.253 e. The molecule has 3 aromatic carbocycles.